The number of nitrogens with one attached hydrogen (secondary N) is 1. The molecule has 0 bridgehead atoms. The summed E-state index contributed by atoms with van der Waals surface area (Å²) in [6.07, 6.45) is 7.66. The van der Waals surface area contributed by atoms with E-state index in [1.165, 1.54) is 0 Å². The Kier molecular flexibility index (Phi) is 2.75. The number of rotatable bonds is 3. The minimum Gasteiger partial charge on any atom is -0.402 e. The van der Waals surface area contributed by atoms with E-state index in [9.17, 15) is 0 Å². The van der Waals surface area contributed by atoms with Gasteiger partial charge in [-0.1, -0.05) is 19.2 Å². The maximum absolute atomic E-state index is 5.67. The smallest absolute Gasteiger partial charge is 0.0360 e. The van der Waals surface area contributed by atoms with Gasteiger partial charge in [0.1, 0.15) is 0 Å². The van der Waals surface area contributed by atoms with Crippen molar-refractivity contribution in [3.8, 4) is 0 Å². The Labute approximate surface area is 73.1 Å². The Balaban J connectivity index is 2.58. The van der Waals surface area contributed by atoms with Crippen LogP contribution in [0.5, 0.6) is 0 Å². The predicted octanol–water partition coefficient (Wildman–Crippen LogP) is 1.80. The molecule has 1 rings (SSSR count). The highest BCUT2D eigenvalue weighted by molar-refractivity contribution is 5.29. The number of hydrogen-bond acceptors (Lipinski definition) is 2. The first-order valence-corrected chi connectivity index (χ1v) is 3.97. The van der Waals surface area contributed by atoms with Crippen molar-refractivity contribution in [3.63, 3.8) is 0 Å². The van der Waals surface area contributed by atoms with Crippen molar-refractivity contribution < 1.29 is 0 Å². The molecule has 3 N–H and O–H groups in total. The van der Waals surface area contributed by atoms with Gasteiger partial charge in [-0.05, 0) is 25.0 Å². The molecular formula is C10H14N2. The van der Waals surface area contributed by atoms with Crippen LogP contribution in [0.1, 0.15) is 12.8 Å². The summed E-state index contributed by atoms with van der Waals surface area (Å²) in [5.41, 5.74) is 8.40. The van der Waals surface area contributed by atoms with Crippen LogP contribution in [-0.2, 0) is 0 Å². The summed E-state index contributed by atoms with van der Waals surface area (Å²) >= 11 is 0. The molecule has 0 atom stereocenters. The van der Waals surface area contributed by atoms with Crippen molar-refractivity contribution in [1.29, 1.82) is 0 Å². The predicted molar refractivity (Wildman–Crippen MR) is 52.1 cm³/mol. The van der Waals surface area contributed by atoms with Gasteiger partial charge in [-0.3, -0.25) is 0 Å². The largest absolute Gasteiger partial charge is 0.402 e. The fraction of sp³-hybridized carbons (Fsp3) is 0.200. The average molecular weight is 162 g/mol. The third kappa shape index (κ3) is 2.31. The fourth-order valence-electron chi connectivity index (χ4n) is 1.05. The van der Waals surface area contributed by atoms with Crippen molar-refractivity contribution in [2.45, 2.75) is 12.8 Å². The second-order valence-corrected chi connectivity index (χ2v) is 2.77. The van der Waals surface area contributed by atoms with Crippen LogP contribution in [0.15, 0.2) is 48.5 Å². The zero-order chi connectivity index (χ0) is 8.97. The van der Waals surface area contributed by atoms with Crippen molar-refractivity contribution in [1.82, 2.24) is 5.32 Å². The van der Waals surface area contributed by atoms with Crippen molar-refractivity contribution in [2.24, 2.45) is 5.73 Å². The lowest BCUT2D eigenvalue weighted by molar-refractivity contribution is 0.892. The summed E-state index contributed by atoms with van der Waals surface area (Å²) in [4.78, 5) is 0. The second kappa shape index (κ2) is 3.81. The third-order valence-electron chi connectivity index (χ3n) is 1.69. The summed E-state index contributed by atoms with van der Waals surface area (Å²) in [6.45, 7) is 7.36. The topological polar surface area (TPSA) is 38.0 Å². The van der Waals surface area contributed by atoms with Crippen molar-refractivity contribution in [3.05, 3.63) is 48.5 Å². The van der Waals surface area contributed by atoms with E-state index in [0.29, 0.717) is 0 Å². The van der Waals surface area contributed by atoms with Crippen LogP contribution in [0.4, 0.5) is 0 Å². The van der Waals surface area contributed by atoms with Gasteiger partial charge < -0.3 is 11.1 Å². The molecule has 2 heteroatoms. The summed E-state index contributed by atoms with van der Waals surface area (Å²) in [7, 11) is 0. The first-order chi connectivity index (χ1) is 5.72. The monoisotopic (exact) mass is 162 g/mol. The van der Waals surface area contributed by atoms with Crippen LogP contribution >= 0.6 is 0 Å². The van der Waals surface area contributed by atoms with Gasteiger partial charge in [0.2, 0.25) is 0 Å². The summed E-state index contributed by atoms with van der Waals surface area (Å²) < 4.78 is 0. The lowest BCUT2D eigenvalue weighted by Crippen LogP contribution is -2.13. The molecule has 1 aliphatic rings. The molecule has 0 aliphatic heterocycles. The molecule has 0 fully saturated rings. The van der Waals surface area contributed by atoms with Gasteiger partial charge in [0.05, 0.1) is 0 Å². The summed E-state index contributed by atoms with van der Waals surface area (Å²) in [6, 6.07) is 0. The Morgan fingerprint density at radius 2 is 2.42 bits per heavy atom. The quantitative estimate of drug-likeness (QED) is 0.621. The molecule has 0 heterocycles. The van der Waals surface area contributed by atoms with Gasteiger partial charge >= 0.3 is 0 Å². The molecule has 12 heavy (non-hydrogen) atoms. The molecule has 0 saturated heterocycles. The van der Waals surface area contributed by atoms with Crippen molar-refractivity contribution >= 4 is 0 Å². The van der Waals surface area contributed by atoms with E-state index in [1.54, 1.807) is 6.08 Å². The average Bonchev–Trinajstić information content (AvgIpc) is 2.04. The van der Waals surface area contributed by atoms with Gasteiger partial charge in [0, 0.05) is 17.1 Å². The highest BCUT2D eigenvalue weighted by Crippen LogP contribution is 2.11. The first kappa shape index (κ1) is 8.65. The lowest BCUT2D eigenvalue weighted by Gasteiger charge is -2.12. The van der Waals surface area contributed by atoms with Crippen LogP contribution in [0.25, 0.3) is 0 Å². The Morgan fingerprint density at radius 1 is 1.67 bits per heavy atom. The number of allylic oxidation sites excluding steroid dienone is 4. The van der Waals surface area contributed by atoms with Crippen LogP contribution in [0.3, 0.4) is 0 Å². The van der Waals surface area contributed by atoms with E-state index in [1.807, 2.05) is 6.08 Å². The minimum atomic E-state index is 0.798. The van der Waals surface area contributed by atoms with E-state index < -0.39 is 0 Å². The molecule has 0 aromatic rings. The van der Waals surface area contributed by atoms with Crippen molar-refractivity contribution in [2.75, 3.05) is 0 Å². The highest BCUT2D eigenvalue weighted by Gasteiger charge is 2.01. The SMILES string of the molecule is C=CC(=C)NC1=CCCC(N)=C1. The van der Waals surface area contributed by atoms with Crippen LogP contribution in [0, 0.1) is 0 Å². The molecule has 0 aromatic heterocycles. The normalized spacial score (nSPS) is 16.0. The van der Waals surface area contributed by atoms with E-state index in [4.69, 9.17) is 5.73 Å². The maximum Gasteiger partial charge on any atom is 0.0360 e. The van der Waals surface area contributed by atoms with E-state index >= 15 is 0 Å². The number of hydrogen-bond donors (Lipinski definition) is 2. The van der Waals surface area contributed by atoms with Gasteiger partial charge in [0.25, 0.3) is 0 Å². The molecule has 2 nitrogen and oxygen atoms in total. The maximum atomic E-state index is 5.67. The third-order valence-corrected chi connectivity index (χ3v) is 1.69. The lowest BCUT2D eigenvalue weighted by atomic mass is 10.1. The molecule has 0 aromatic carbocycles. The number of nitrogens with two attached hydrogens (primary N) is 1. The van der Waals surface area contributed by atoms with E-state index in [0.717, 1.165) is 29.9 Å². The second-order valence-electron chi connectivity index (χ2n) is 2.77. The molecule has 0 amide bonds. The van der Waals surface area contributed by atoms with Gasteiger partial charge in [-0.2, -0.15) is 0 Å². The zero-order valence-electron chi connectivity index (χ0n) is 7.14. The standard InChI is InChI=1S/C10H14N2/c1-3-8(2)12-10-6-4-5-9(11)7-10/h3,6-7,12H,1-2,4-5,11H2. The molecule has 0 unspecified atom stereocenters. The van der Waals surface area contributed by atoms with Gasteiger partial charge in [-0.25, -0.2) is 0 Å². The van der Waals surface area contributed by atoms with Crippen LogP contribution in [-0.4, -0.2) is 0 Å². The van der Waals surface area contributed by atoms with E-state index in [2.05, 4.69) is 24.6 Å². The van der Waals surface area contributed by atoms with Crippen LogP contribution < -0.4 is 11.1 Å². The summed E-state index contributed by atoms with van der Waals surface area (Å²) in [5, 5.41) is 3.09. The molecule has 1 aliphatic carbocycles. The molecule has 0 spiro atoms. The Bertz CT molecular complexity index is 259. The fourth-order valence-corrected chi connectivity index (χ4v) is 1.05. The molecule has 64 valence electrons. The highest BCUT2D eigenvalue weighted by atomic mass is 14.9. The molecule has 0 saturated carbocycles. The Morgan fingerprint density at radius 3 is 3.00 bits per heavy atom. The first-order valence-electron chi connectivity index (χ1n) is 3.97. The zero-order valence-corrected chi connectivity index (χ0v) is 7.14. The van der Waals surface area contributed by atoms with Gasteiger partial charge in [-0.15, -0.1) is 0 Å². The van der Waals surface area contributed by atoms with E-state index in [-0.39, 0.29) is 0 Å². The summed E-state index contributed by atoms with van der Waals surface area (Å²) in [5.74, 6) is 0. The van der Waals surface area contributed by atoms with Crippen LogP contribution in [0.2, 0.25) is 0 Å². The van der Waals surface area contributed by atoms with Gasteiger partial charge in [0.15, 0.2) is 0 Å². The minimum absolute atomic E-state index is 0.798. The Hall–Kier alpha value is -1.44. The molecule has 0 radical (unpaired) electrons. The molecular weight excluding hydrogens is 148 g/mol.